The zero-order valence-electron chi connectivity index (χ0n) is 13.1. The first-order valence-electron chi connectivity index (χ1n) is 7.58. The number of rotatable bonds is 6. The van der Waals surface area contributed by atoms with E-state index in [1.54, 1.807) is 18.4 Å². The molecule has 0 unspecified atom stereocenters. The second-order valence-corrected chi connectivity index (χ2v) is 6.23. The van der Waals surface area contributed by atoms with Gasteiger partial charge < -0.3 is 14.5 Å². The lowest BCUT2D eigenvalue weighted by molar-refractivity contribution is -0.118. The Labute approximate surface area is 144 Å². The molecule has 1 aromatic heterocycles. The van der Waals surface area contributed by atoms with Crippen LogP contribution in [0.2, 0.25) is 0 Å². The molecule has 1 fully saturated rings. The van der Waals surface area contributed by atoms with E-state index < -0.39 is 0 Å². The minimum Gasteiger partial charge on any atom is -0.494 e. The molecule has 1 amide bonds. The fourth-order valence-corrected chi connectivity index (χ4v) is 3.16. The molecule has 7 heteroatoms. The van der Waals surface area contributed by atoms with Crippen molar-refractivity contribution in [3.8, 4) is 5.75 Å². The summed E-state index contributed by atoms with van der Waals surface area (Å²) in [5.74, 6) is 1.39. The van der Waals surface area contributed by atoms with Crippen LogP contribution in [-0.4, -0.2) is 29.1 Å². The summed E-state index contributed by atoms with van der Waals surface area (Å²) < 4.78 is 10.5. The number of hydrogen-bond donors (Lipinski definition) is 1. The summed E-state index contributed by atoms with van der Waals surface area (Å²) >= 11 is 1.38. The number of furan rings is 1. The van der Waals surface area contributed by atoms with E-state index in [0.717, 1.165) is 11.3 Å². The molecule has 1 N–H and O–H groups in total. The van der Waals surface area contributed by atoms with E-state index in [2.05, 4.69) is 15.5 Å². The van der Waals surface area contributed by atoms with Crippen molar-refractivity contribution >= 4 is 29.1 Å². The highest BCUT2D eigenvalue weighted by atomic mass is 32.2. The molecule has 6 nitrogen and oxygen atoms in total. The third-order valence-electron chi connectivity index (χ3n) is 3.31. The highest BCUT2D eigenvalue weighted by molar-refractivity contribution is 8.15. The Hall–Kier alpha value is -2.54. The van der Waals surface area contributed by atoms with E-state index in [9.17, 15) is 4.79 Å². The zero-order valence-corrected chi connectivity index (χ0v) is 14.0. The number of benzene rings is 1. The van der Waals surface area contributed by atoms with Gasteiger partial charge >= 0.3 is 0 Å². The molecule has 2 aromatic rings. The van der Waals surface area contributed by atoms with E-state index in [0.29, 0.717) is 24.0 Å². The Balaban J connectivity index is 1.58. The van der Waals surface area contributed by atoms with E-state index in [1.165, 1.54) is 18.0 Å². The number of hydrogen-bond acceptors (Lipinski definition) is 6. The zero-order chi connectivity index (χ0) is 16.8. The van der Waals surface area contributed by atoms with Gasteiger partial charge in [-0.15, -0.1) is 5.10 Å². The number of thioether (sulfide) groups is 1. The third kappa shape index (κ3) is 4.26. The molecule has 24 heavy (non-hydrogen) atoms. The second kappa shape index (κ2) is 7.83. The van der Waals surface area contributed by atoms with Crippen molar-refractivity contribution in [2.75, 3.05) is 6.61 Å². The van der Waals surface area contributed by atoms with Crippen molar-refractivity contribution < 1.29 is 13.9 Å². The van der Waals surface area contributed by atoms with Gasteiger partial charge in [0.05, 0.1) is 24.3 Å². The molecule has 3 rings (SSSR count). The second-order valence-electron chi connectivity index (χ2n) is 5.04. The van der Waals surface area contributed by atoms with Crippen LogP contribution in [0.25, 0.3) is 0 Å². The third-order valence-corrected chi connectivity index (χ3v) is 4.38. The van der Waals surface area contributed by atoms with Gasteiger partial charge in [0.15, 0.2) is 5.17 Å². The number of carbonyl (C=O) groups is 1. The standard InChI is InChI=1S/C17H17N3O3S/c1-2-22-13-7-5-12(6-8-13)10-15-16(21)19-17(24-15)20-18-11-14-4-3-9-23-14/h3-9,11,15H,2,10H2,1H3,(H,19,20,21)/b18-11-/t15-/m0/s1. The summed E-state index contributed by atoms with van der Waals surface area (Å²) in [5.41, 5.74) is 1.08. The van der Waals surface area contributed by atoms with Crippen molar-refractivity contribution in [2.45, 2.75) is 18.6 Å². The maximum atomic E-state index is 12.0. The fourth-order valence-electron chi connectivity index (χ4n) is 2.19. The van der Waals surface area contributed by atoms with E-state index in [-0.39, 0.29) is 11.2 Å². The van der Waals surface area contributed by atoms with Gasteiger partial charge in [-0.2, -0.15) is 5.10 Å². The molecule has 0 spiro atoms. The van der Waals surface area contributed by atoms with Gasteiger partial charge in [-0.3, -0.25) is 4.79 Å². The van der Waals surface area contributed by atoms with Crippen LogP contribution in [0, 0.1) is 0 Å². The number of nitrogens with one attached hydrogen (secondary N) is 1. The first-order valence-corrected chi connectivity index (χ1v) is 8.46. The number of nitrogens with zero attached hydrogens (tertiary/aromatic N) is 2. The lowest BCUT2D eigenvalue weighted by Gasteiger charge is -2.07. The lowest BCUT2D eigenvalue weighted by atomic mass is 10.1. The molecule has 1 atom stereocenters. The molecule has 1 saturated heterocycles. The molecular weight excluding hydrogens is 326 g/mol. The van der Waals surface area contributed by atoms with E-state index in [1.807, 2.05) is 31.2 Å². The van der Waals surface area contributed by atoms with Gasteiger partial charge in [-0.25, -0.2) is 0 Å². The van der Waals surface area contributed by atoms with E-state index >= 15 is 0 Å². The predicted molar refractivity (Wildman–Crippen MR) is 94.6 cm³/mol. The summed E-state index contributed by atoms with van der Waals surface area (Å²) in [4.78, 5) is 12.0. The largest absolute Gasteiger partial charge is 0.494 e. The maximum absolute atomic E-state index is 12.0. The summed E-state index contributed by atoms with van der Waals surface area (Å²) in [6.45, 7) is 2.58. The van der Waals surface area contributed by atoms with Crippen LogP contribution in [0.5, 0.6) is 5.75 Å². The van der Waals surface area contributed by atoms with Crippen LogP contribution in [0.15, 0.2) is 57.3 Å². The average molecular weight is 343 g/mol. The van der Waals surface area contributed by atoms with Gasteiger partial charge in [0.1, 0.15) is 11.5 Å². The Morgan fingerprint density at radius 3 is 2.88 bits per heavy atom. The van der Waals surface area contributed by atoms with Crippen LogP contribution in [-0.2, 0) is 11.2 Å². The summed E-state index contributed by atoms with van der Waals surface area (Å²) in [7, 11) is 0. The Kier molecular flexibility index (Phi) is 5.32. The monoisotopic (exact) mass is 343 g/mol. The molecule has 0 saturated carbocycles. The topological polar surface area (TPSA) is 76.2 Å². The smallest absolute Gasteiger partial charge is 0.239 e. The predicted octanol–water partition coefficient (Wildman–Crippen LogP) is 2.84. The molecule has 1 aliphatic heterocycles. The normalized spacial score (nSPS) is 19.1. The van der Waals surface area contributed by atoms with Crippen LogP contribution < -0.4 is 10.1 Å². The van der Waals surface area contributed by atoms with Crippen LogP contribution in [0.1, 0.15) is 18.2 Å². The van der Waals surface area contributed by atoms with E-state index in [4.69, 9.17) is 9.15 Å². The highest BCUT2D eigenvalue weighted by Crippen LogP contribution is 2.24. The molecule has 1 aromatic carbocycles. The van der Waals surface area contributed by atoms with Crippen molar-refractivity contribution in [3.63, 3.8) is 0 Å². The van der Waals surface area contributed by atoms with Gasteiger partial charge in [0, 0.05) is 0 Å². The molecule has 1 aliphatic rings. The Morgan fingerprint density at radius 2 is 2.17 bits per heavy atom. The first kappa shape index (κ1) is 16.3. The highest BCUT2D eigenvalue weighted by Gasteiger charge is 2.30. The van der Waals surface area contributed by atoms with Crippen molar-refractivity contribution in [3.05, 3.63) is 54.0 Å². The van der Waals surface area contributed by atoms with Crippen molar-refractivity contribution in [1.29, 1.82) is 0 Å². The SMILES string of the molecule is CCOc1ccc(C[C@@H]2S/C(=N\N=C/c3ccco3)NC2=O)cc1. The molecule has 124 valence electrons. The lowest BCUT2D eigenvalue weighted by Crippen LogP contribution is -2.25. The van der Waals surface area contributed by atoms with Crippen molar-refractivity contribution in [2.24, 2.45) is 10.2 Å². The average Bonchev–Trinajstić information content (AvgIpc) is 3.20. The molecule has 0 bridgehead atoms. The van der Waals surface area contributed by atoms with Gasteiger partial charge in [-0.1, -0.05) is 23.9 Å². The van der Waals surface area contributed by atoms with Gasteiger partial charge in [0.25, 0.3) is 0 Å². The van der Waals surface area contributed by atoms with Gasteiger partial charge in [0.2, 0.25) is 5.91 Å². The quantitative estimate of drug-likeness (QED) is 0.646. The minimum absolute atomic E-state index is 0.0548. The summed E-state index contributed by atoms with van der Waals surface area (Å²) in [5, 5.41) is 11.0. The van der Waals surface area contributed by atoms with Gasteiger partial charge in [-0.05, 0) is 43.2 Å². The molecule has 2 heterocycles. The first-order chi connectivity index (χ1) is 11.7. The number of carbonyl (C=O) groups excluding carboxylic acids is 1. The number of amides is 1. The summed E-state index contributed by atoms with van der Waals surface area (Å²) in [6, 6.07) is 11.3. The van der Waals surface area contributed by atoms with Crippen LogP contribution in [0.3, 0.4) is 0 Å². The van der Waals surface area contributed by atoms with Crippen molar-refractivity contribution in [1.82, 2.24) is 5.32 Å². The summed E-state index contributed by atoms with van der Waals surface area (Å²) in [6.07, 6.45) is 3.69. The molecule has 0 radical (unpaired) electrons. The number of ether oxygens (including phenoxy) is 1. The Bertz CT molecular complexity index is 739. The Morgan fingerprint density at radius 1 is 1.33 bits per heavy atom. The van der Waals surface area contributed by atoms with Crippen LogP contribution >= 0.6 is 11.8 Å². The minimum atomic E-state index is -0.208. The fraction of sp³-hybridized carbons (Fsp3) is 0.235. The number of amidine groups is 1. The molecule has 0 aliphatic carbocycles. The maximum Gasteiger partial charge on any atom is 0.239 e. The molecular formula is C17H17N3O3S. The van der Waals surface area contributed by atoms with Crippen LogP contribution in [0.4, 0.5) is 0 Å².